The molecular weight excluding hydrogens is 378 g/mol. The number of aliphatic hydroxyl groups is 1. The summed E-state index contributed by atoms with van der Waals surface area (Å²) in [5.74, 6) is 0. The number of aryl methyl sites for hydroxylation is 2. The van der Waals surface area contributed by atoms with Gasteiger partial charge < -0.3 is 9.84 Å². The molecule has 7 heteroatoms. The summed E-state index contributed by atoms with van der Waals surface area (Å²) in [6, 6.07) is 16.9. The molecule has 30 heavy (non-hydrogen) atoms. The number of aromatic nitrogens is 3. The first-order valence-corrected chi connectivity index (χ1v) is 9.84. The van der Waals surface area contributed by atoms with Crippen LogP contribution in [0.15, 0.2) is 65.8 Å². The van der Waals surface area contributed by atoms with E-state index in [1.54, 1.807) is 13.3 Å². The number of ether oxygens (including phenoxy) is 1. The molecule has 0 saturated heterocycles. The average Bonchev–Trinajstić information content (AvgIpc) is 3.18. The van der Waals surface area contributed by atoms with Gasteiger partial charge in [0.1, 0.15) is 12.9 Å². The Labute approximate surface area is 176 Å². The minimum absolute atomic E-state index is 0.354. The predicted octanol–water partition coefficient (Wildman–Crippen LogP) is 2.78. The summed E-state index contributed by atoms with van der Waals surface area (Å²) in [6.45, 7) is 4.56. The van der Waals surface area contributed by atoms with Gasteiger partial charge >= 0.3 is 0 Å². The summed E-state index contributed by atoms with van der Waals surface area (Å²) < 4.78 is 5.40. The van der Waals surface area contributed by atoms with Crippen LogP contribution in [0.5, 0.6) is 0 Å². The second-order valence-corrected chi connectivity index (χ2v) is 7.41. The molecule has 4 heterocycles. The molecular formula is C23H25N5O2. The van der Waals surface area contributed by atoms with Gasteiger partial charge in [0.2, 0.25) is 0 Å². The first-order valence-electron chi connectivity index (χ1n) is 9.84. The third-order valence-corrected chi connectivity index (χ3v) is 5.16. The Hall–Kier alpha value is -3.00. The summed E-state index contributed by atoms with van der Waals surface area (Å²) in [6.07, 6.45) is 1.38. The molecule has 0 spiro atoms. The Morgan fingerprint density at radius 1 is 1.00 bits per heavy atom. The van der Waals surface area contributed by atoms with E-state index in [0.717, 1.165) is 17.1 Å². The normalized spacial score (nSPS) is 17.2. The van der Waals surface area contributed by atoms with Gasteiger partial charge in [0, 0.05) is 31.2 Å². The Kier molecular flexibility index (Phi) is 5.67. The molecule has 0 aromatic carbocycles. The van der Waals surface area contributed by atoms with Crippen LogP contribution in [0.2, 0.25) is 0 Å². The van der Waals surface area contributed by atoms with E-state index in [4.69, 9.17) is 9.73 Å². The zero-order chi connectivity index (χ0) is 21.1. The van der Waals surface area contributed by atoms with Crippen molar-refractivity contribution in [1.29, 1.82) is 0 Å². The maximum absolute atomic E-state index is 12.1. The van der Waals surface area contributed by atoms with Crippen molar-refractivity contribution in [2.24, 2.45) is 4.99 Å². The summed E-state index contributed by atoms with van der Waals surface area (Å²) in [4.78, 5) is 20.7. The number of methoxy groups -OCH3 is 1. The number of hydrogen-bond acceptors (Lipinski definition) is 7. The largest absolute Gasteiger partial charge is 0.372 e. The molecule has 0 bridgehead atoms. The molecule has 3 aromatic rings. The van der Waals surface area contributed by atoms with Gasteiger partial charge in [-0.2, -0.15) is 0 Å². The molecule has 0 amide bonds. The maximum atomic E-state index is 12.1. The molecule has 4 rings (SSSR count). The fourth-order valence-electron chi connectivity index (χ4n) is 3.74. The van der Waals surface area contributed by atoms with Crippen molar-refractivity contribution in [3.8, 4) is 0 Å². The van der Waals surface area contributed by atoms with Crippen LogP contribution in [0.1, 0.15) is 34.6 Å². The lowest BCUT2D eigenvalue weighted by Gasteiger charge is -2.28. The van der Waals surface area contributed by atoms with Gasteiger partial charge in [0.05, 0.1) is 22.8 Å². The minimum Gasteiger partial charge on any atom is -0.372 e. The van der Waals surface area contributed by atoms with Crippen LogP contribution in [-0.2, 0) is 10.3 Å². The van der Waals surface area contributed by atoms with Crippen LogP contribution in [0.4, 0.5) is 0 Å². The average molecular weight is 403 g/mol. The third-order valence-electron chi connectivity index (χ3n) is 5.16. The van der Waals surface area contributed by atoms with E-state index in [-0.39, 0.29) is 6.17 Å². The lowest BCUT2D eigenvalue weighted by atomic mass is 9.88. The zero-order valence-corrected chi connectivity index (χ0v) is 17.4. The number of hydrogen-bond donors (Lipinski definition) is 1. The van der Waals surface area contributed by atoms with Crippen LogP contribution >= 0.6 is 0 Å². The highest BCUT2D eigenvalue weighted by molar-refractivity contribution is 5.98. The SMILES string of the molecule is COCN1CC(C(O)(c2cccc(C)n2)c2cccc(C)n2)=NC1c1ccccn1. The smallest absolute Gasteiger partial charge is 0.188 e. The predicted molar refractivity (Wildman–Crippen MR) is 114 cm³/mol. The van der Waals surface area contributed by atoms with Crippen molar-refractivity contribution in [3.63, 3.8) is 0 Å². The molecule has 0 aliphatic carbocycles. The second kappa shape index (κ2) is 8.39. The van der Waals surface area contributed by atoms with E-state index in [0.29, 0.717) is 30.4 Å². The van der Waals surface area contributed by atoms with Crippen molar-refractivity contribution < 1.29 is 9.84 Å². The fraction of sp³-hybridized carbons (Fsp3) is 0.304. The second-order valence-electron chi connectivity index (χ2n) is 7.41. The Morgan fingerprint density at radius 2 is 1.67 bits per heavy atom. The van der Waals surface area contributed by atoms with Crippen LogP contribution in [0.3, 0.4) is 0 Å². The van der Waals surface area contributed by atoms with Crippen LogP contribution in [-0.4, -0.2) is 51.1 Å². The number of pyridine rings is 3. The van der Waals surface area contributed by atoms with E-state index in [1.807, 2.05) is 73.3 Å². The van der Waals surface area contributed by atoms with Crippen LogP contribution in [0, 0.1) is 13.8 Å². The lowest BCUT2D eigenvalue weighted by molar-refractivity contribution is 0.0515. The molecule has 154 valence electrons. The molecule has 0 radical (unpaired) electrons. The van der Waals surface area contributed by atoms with E-state index in [1.165, 1.54) is 0 Å². The minimum atomic E-state index is -1.56. The topological polar surface area (TPSA) is 83.7 Å². The molecule has 1 aliphatic heterocycles. The van der Waals surface area contributed by atoms with Gasteiger partial charge in [-0.15, -0.1) is 0 Å². The summed E-state index contributed by atoms with van der Waals surface area (Å²) in [5, 5.41) is 12.1. The van der Waals surface area contributed by atoms with Gasteiger partial charge in [-0.25, -0.2) is 4.90 Å². The van der Waals surface area contributed by atoms with Crippen molar-refractivity contribution >= 4 is 5.71 Å². The quantitative estimate of drug-likeness (QED) is 0.681. The van der Waals surface area contributed by atoms with Gasteiger partial charge in [0.15, 0.2) is 5.60 Å². The number of nitrogens with zero attached hydrogens (tertiary/aromatic N) is 5. The van der Waals surface area contributed by atoms with E-state index in [2.05, 4.69) is 15.0 Å². The van der Waals surface area contributed by atoms with Gasteiger partial charge in [-0.1, -0.05) is 18.2 Å². The molecule has 3 aromatic heterocycles. The Morgan fingerprint density at radius 3 is 2.20 bits per heavy atom. The third kappa shape index (κ3) is 3.75. The standard InChI is InChI=1S/C23H25N5O2/c1-16-8-6-11-19(25-16)23(29,20-12-7-9-17(2)26-20)21-14-28(15-30-3)22(27-21)18-10-4-5-13-24-18/h4-13,22,29H,14-15H2,1-3H3. The van der Waals surface area contributed by atoms with Crippen molar-refractivity contribution in [2.45, 2.75) is 25.6 Å². The molecule has 1 atom stereocenters. The van der Waals surface area contributed by atoms with E-state index >= 15 is 0 Å². The summed E-state index contributed by atoms with van der Waals surface area (Å²) in [5.41, 5.74) is 2.41. The highest BCUT2D eigenvalue weighted by Crippen LogP contribution is 2.36. The van der Waals surface area contributed by atoms with Crippen LogP contribution in [0.25, 0.3) is 0 Å². The summed E-state index contributed by atoms with van der Waals surface area (Å²) >= 11 is 0. The lowest BCUT2D eigenvalue weighted by Crippen LogP contribution is -2.42. The van der Waals surface area contributed by atoms with Gasteiger partial charge in [0.25, 0.3) is 0 Å². The Balaban J connectivity index is 1.87. The molecule has 1 unspecified atom stereocenters. The monoisotopic (exact) mass is 403 g/mol. The molecule has 7 nitrogen and oxygen atoms in total. The molecule has 1 N–H and O–H groups in total. The highest BCUT2D eigenvalue weighted by atomic mass is 16.5. The maximum Gasteiger partial charge on any atom is 0.188 e. The van der Waals surface area contributed by atoms with Gasteiger partial charge in [-0.05, 0) is 50.2 Å². The number of rotatable bonds is 6. The van der Waals surface area contributed by atoms with Crippen LogP contribution < -0.4 is 0 Å². The van der Waals surface area contributed by atoms with Crippen molar-refractivity contribution in [1.82, 2.24) is 19.9 Å². The fourth-order valence-corrected chi connectivity index (χ4v) is 3.74. The highest BCUT2D eigenvalue weighted by Gasteiger charge is 2.45. The molecule has 1 aliphatic rings. The summed E-state index contributed by atoms with van der Waals surface area (Å²) in [7, 11) is 1.64. The Bertz CT molecular complexity index is 1010. The van der Waals surface area contributed by atoms with Crippen molar-refractivity contribution in [3.05, 3.63) is 89.3 Å². The molecule has 0 fully saturated rings. The zero-order valence-electron chi connectivity index (χ0n) is 17.4. The number of aliphatic imine (C=N–C) groups is 1. The first kappa shape index (κ1) is 20.3. The van der Waals surface area contributed by atoms with E-state index in [9.17, 15) is 5.11 Å². The van der Waals surface area contributed by atoms with E-state index < -0.39 is 5.60 Å². The van der Waals surface area contributed by atoms with Crippen molar-refractivity contribution in [2.75, 3.05) is 20.4 Å². The molecule has 0 saturated carbocycles. The van der Waals surface area contributed by atoms with Gasteiger partial charge in [-0.3, -0.25) is 19.9 Å². The first-order chi connectivity index (χ1) is 14.5.